The first-order chi connectivity index (χ1) is 13.8. The zero-order valence-corrected chi connectivity index (χ0v) is 18.8. The van der Waals surface area contributed by atoms with Crippen molar-refractivity contribution in [3.63, 3.8) is 0 Å². The topological polar surface area (TPSA) is 32.7 Å². The van der Waals surface area contributed by atoms with Gasteiger partial charge in [0.25, 0.3) is 0 Å². The molecule has 2 aromatic rings. The van der Waals surface area contributed by atoms with Crippen molar-refractivity contribution in [1.29, 1.82) is 0 Å². The van der Waals surface area contributed by atoms with Gasteiger partial charge >= 0.3 is 0 Å². The van der Waals surface area contributed by atoms with E-state index in [1.165, 1.54) is 0 Å². The van der Waals surface area contributed by atoms with E-state index in [0.29, 0.717) is 24.8 Å². The van der Waals surface area contributed by atoms with Crippen LogP contribution in [-0.2, 0) is 19.5 Å². The zero-order valence-electron chi connectivity index (χ0n) is 18.8. The molecule has 1 N–H and O–H groups in total. The number of phenols is 1. The number of hydrogen-bond acceptors (Lipinski definition) is 3. The number of aromatic hydroxyl groups is 1. The van der Waals surface area contributed by atoms with Crippen LogP contribution in [0.5, 0.6) is 11.5 Å². The van der Waals surface area contributed by atoms with Crippen LogP contribution in [0.2, 0.25) is 0 Å². The lowest BCUT2D eigenvalue weighted by molar-refractivity contribution is 0.109. The molecule has 3 nitrogen and oxygen atoms in total. The predicted octanol–water partition coefficient (Wildman–Crippen LogP) is 6.32. The second kappa shape index (κ2) is 10.1. The molecule has 0 saturated heterocycles. The first-order valence-electron chi connectivity index (χ1n) is 10.7. The number of halogens is 1. The van der Waals surface area contributed by atoms with Crippen LogP contribution in [0.4, 0.5) is 4.39 Å². The first-order valence-corrected chi connectivity index (χ1v) is 10.7. The van der Waals surface area contributed by atoms with E-state index in [2.05, 4.69) is 32.6 Å². The van der Waals surface area contributed by atoms with E-state index in [0.717, 1.165) is 36.1 Å². The number of ether oxygens (including phenoxy) is 1. The van der Waals surface area contributed by atoms with Gasteiger partial charge in [-0.15, -0.1) is 0 Å². The molecule has 1 aliphatic rings. The summed E-state index contributed by atoms with van der Waals surface area (Å²) in [5.41, 5.74) is 3.02. The van der Waals surface area contributed by atoms with Gasteiger partial charge in [0, 0.05) is 24.2 Å². The Kier molecular flexibility index (Phi) is 8.09. The van der Waals surface area contributed by atoms with Crippen molar-refractivity contribution >= 4 is 0 Å². The molecule has 1 heterocycles. The maximum atomic E-state index is 14.1. The van der Waals surface area contributed by atoms with Gasteiger partial charge in [-0.25, -0.2) is 4.39 Å². The summed E-state index contributed by atoms with van der Waals surface area (Å²) in [4.78, 5) is 2.34. The summed E-state index contributed by atoms with van der Waals surface area (Å²) >= 11 is 0. The minimum absolute atomic E-state index is 0.0533. The predicted molar refractivity (Wildman–Crippen MR) is 118 cm³/mol. The van der Waals surface area contributed by atoms with Gasteiger partial charge < -0.3 is 9.84 Å². The van der Waals surface area contributed by atoms with E-state index in [1.807, 2.05) is 32.0 Å². The summed E-state index contributed by atoms with van der Waals surface area (Å²) in [6, 6.07) is 11.0. The molecule has 0 fully saturated rings. The minimum atomic E-state index is -0.101. The fraction of sp³-hybridized carbons (Fsp3) is 0.520. The molecule has 2 aromatic carbocycles. The highest BCUT2D eigenvalue weighted by Gasteiger charge is 2.32. The molecule has 1 aliphatic heterocycles. The van der Waals surface area contributed by atoms with Crippen LogP contribution in [0.1, 0.15) is 64.7 Å². The average molecular weight is 402 g/mol. The molecule has 0 spiro atoms. The molecule has 0 atom stereocenters. The molecule has 0 amide bonds. The minimum Gasteiger partial charge on any atom is -0.504 e. The molecular formula is C25H36FNO2. The van der Waals surface area contributed by atoms with Gasteiger partial charge in [0.2, 0.25) is 0 Å². The van der Waals surface area contributed by atoms with Crippen LogP contribution in [-0.4, -0.2) is 22.2 Å². The summed E-state index contributed by atoms with van der Waals surface area (Å²) in [7, 11) is 0. The third kappa shape index (κ3) is 5.96. The second-order valence-electron chi connectivity index (χ2n) is 8.55. The Balaban J connectivity index is 0.00000145. The number of fused-ring (bicyclic) bond motifs is 1. The van der Waals surface area contributed by atoms with Crippen molar-refractivity contribution in [1.82, 2.24) is 4.90 Å². The van der Waals surface area contributed by atoms with Gasteiger partial charge in [-0.2, -0.15) is 0 Å². The summed E-state index contributed by atoms with van der Waals surface area (Å²) in [6.45, 7) is 14.6. The van der Waals surface area contributed by atoms with E-state index < -0.39 is 0 Å². The molecule has 0 radical (unpaired) electrons. The van der Waals surface area contributed by atoms with Gasteiger partial charge in [0.05, 0.1) is 6.61 Å². The van der Waals surface area contributed by atoms with Gasteiger partial charge in [-0.3, -0.25) is 4.90 Å². The van der Waals surface area contributed by atoms with Crippen molar-refractivity contribution in [2.24, 2.45) is 5.92 Å². The van der Waals surface area contributed by atoms with Crippen LogP contribution in [0, 0.1) is 11.7 Å². The zero-order chi connectivity index (χ0) is 21.6. The quantitative estimate of drug-likeness (QED) is 0.589. The molecule has 0 unspecified atom stereocenters. The molecule has 3 rings (SSSR count). The van der Waals surface area contributed by atoms with Crippen LogP contribution in [0.15, 0.2) is 36.4 Å². The first kappa shape index (κ1) is 23.2. The summed E-state index contributed by atoms with van der Waals surface area (Å²) in [5.74, 6) is 1.04. The summed E-state index contributed by atoms with van der Waals surface area (Å²) in [6.07, 6.45) is 1.82. The normalized spacial score (nSPS) is 13.8. The maximum Gasteiger partial charge on any atom is 0.161 e. The number of aryl methyl sites for hydroxylation is 1. The van der Waals surface area contributed by atoms with Crippen molar-refractivity contribution in [2.45, 2.75) is 73.0 Å². The standard InChI is InChI=1S/C23H30FNO2.C2H6/c1-16(2)15-27-22-12-17(8-9-21(22)26)10-11-23(3,4)25-13-18-6-5-7-20(24)19(18)14-25;1-2/h5-9,12,16,26H,10-11,13-15H2,1-4H3;1-2H3. The Morgan fingerprint density at radius 3 is 2.52 bits per heavy atom. The maximum absolute atomic E-state index is 14.1. The highest BCUT2D eigenvalue weighted by Crippen LogP contribution is 2.34. The third-order valence-corrected chi connectivity index (χ3v) is 5.40. The number of nitrogens with zero attached hydrogens (tertiary/aromatic N) is 1. The number of benzene rings is 2. The fourth-order valence-electron chi connectivity index (χ4n) is 3.50. The van der Waals surface area contributed by atoms with Crippen LogP contribution >= 0.6 is 0 Å². The van der Waals surface area contributed by atoms with Crippen molar-refractivity contribution in [2.75, 3.05) is 6.61 Å². The summed E-state index contributed by atoms with van der Waals surface area (Å²) in [5, 5.41) is 10.0. The van der Waals surface area contributed by atoms with Gasteiger partial charge in [-0.05, 0) is 61.9 Å². The smallest absolute Gasteiger partial charge is 0.161 e. The van der Waals surface area contributed by atoms with Crippen molar-refractivity contribution < 1.29 is 14.2 Å². The van der Waals surface area contributed by atoms with Gasteiger partial charge in [0.15, 0.2) is 11.5 Å². The highest BCUT2D eigenvalue weighted by atomic mass is 19.1. The lowest BCUT2D eigenvalue weighted by Gasteiger charge is -2.35. The molecule has 0 aromatic heterocycles. The Hall–Kier alpha value is -2.07. The van der Waals surface area contributed by atoms with Crippen LogP contribution in [0.25, 0.3) is 0 Å². The van der Waals surface area contributed by atoms with Crippen molar-refractivity contribution in [3.8, 4) is 11.5 Å². The van der Waals surface area contributed by atoms with Crippen molar-refractivity contribution in [3.05, 3.63) is 58.9 Å². The lowest BCUT2D eigenvalue weighted by atomic mass is 9.93. The van der Waals surface area contributed by atoms with Gasteiger partial charge in [0.1, 0.15) is 5.82 Å². The molecule has 0 saturated carbocycles. The second-order valence-corrected chi connectivity index (χ2v) is 8.55. The Morgan fingerprint density at radius 1 is 1.14 bits per heavy atom. The van der Waals surface area contributed by atoms with E-state index in [1.54, 1.807) is 18.2 Å². The molecule has 0 aliphatic carbocycles. The number of rotatable bonds is 7. The lowest BCUT2D eigenvalue weighted by Crippen LogP contribution is -2.40. The van der Waals surface area contributed by atoms with E-state index in [9.17, 15) is 9.50 Å². The largest absolute Gasteiger partial charge is 0.504 e. The SMILES string of the molecule is CC.CC(C)COc1cc(CCC(C)(C)N2Cc3cccc(F)c3C2)ccc1O. The Morgan fingerprint density at radius 2 is 1.86 bits per heavy atom. The third-order valence-electron chi connectivity index (χ3n) is 5.40. The molecule has 4 heteroatoms. The number of hydrogen-bond donors (Lipinski definition) is 1. The average Bonchev–Trinajstić information content (AvgIpc) is 3.15. The van der Waals surface area contributed by atoms with E-state index >= 15 is 0 Å². The molecule has 160 valence electrons. The molecule has 29 heavy (non-hydrogen) atoms. The van der Waals surface area contributed by atoms with Gasteiger partial charge in [-0.1, -0.05) is 45.9 Å². The highest BCUT2D eigenvalue weighted by molar-refractivity contribution is 5.42. The monoisotopic (exact) mass is 401 g/mol. The van der Waals surface area contributed by atoms with Crippen LogP contribution in [0.3, 0.4) is 0 Å². The van der Waals surface area contributed by atoms with E-state index in [4.69, 9.17) is 4.74 Å². The van der Waals surface area contributed by atoms with Crippen LogP contribution < -0.4 is 4.74 Å². The fourth-order valence-corrected chi connectivity index (χ4v) is 3.50. The Bertz CT molecular complexity index is 801. The van der Waals surface area contributed by atoms with E-state index in [-0.39, 0.29) is 17.1 Å². The molecule has 0 bridgehead atoms. The number of phenolic OH excluding ortho intramolecular Hbond substituents is 1. The summed E-state index contributed by atoms with van der Waals surface area (Å²) < 4.78 is 19.8. The molecular weight excluding hydrogens is 365 g/mol. The Labute approximate surface area is 175 Å².